The molecule has 0 saturated heterocycles. The van der Waals surface area contributed by atoms with Crippen LogP contribution in [0.2, 0.25) is 0 Å². The summed E-state index contributed by atoms with van der Waals surface area (Å²) in [5, 5.41) is 8.93. The SMILES string of the molecule is c1csc(-c2c(-c3cccs3)c(-c3cccs3)c3c(c2-c2cccs2)-c2ccccc2C32c3ccccc3-c3ccccc32)c1. The molecule has 0 fully saturated rings. The van der Waals surface area contributed by atoms with Crippen molar-refractivity contribution in [3.63, 3.8) is 0 Å². The van der Waals surface area contributed by atoms with Gasteiger partial charge in [0.25, 0.3) is 0 Å². The zero-order chi connectivity index (χ0) is 29.5. The van der Waals surface area contributed by atoms with Gasteiger partial charge in [0.2, 0.25) is 0 Å². The zero-order valence-electron chi connectivity index (χ0n) is 24.0. The smallest absolute Gasteiger partial charge is 0.0732 e. The zero-order valence-corrected chi connectivity index (χ0v) is 27.3. The van der Waals surface area contributed by atoms with Crippen molar-refractivity contribution in [1.29, 1.82) is 0 Å². The maximum atomic E-state index is 2.40. The second-order valence-corrected chi connectivity index (χ2v) is 15.3. The summed E-state index contributed by atoms with van der Waals surface area (Å²) in [4.78, 5) is 5.26. The van der Waals surface area contributed by atoms with Crippen molar-refractivity contribution in [3.05, 3.63) is 165 Å². The molecule has 8 aromatic rings. The minimum absolute atomic E-state index is 0.440. The largest absolute Gasteiger partial charge is 0.144 e. The highest BCUT2D eigenvalue weighted by Crippen LogP contribution is 2.69. The van der Waals surface area contributed by atoms with Crippen molar-refractivity contribution in [3.8, 4) is 64.0 Å². The summed E-state index contributed by atoms with van der Waals surface area (Å²) in [6.45, 7) is 0. The van der Waals surface area contributed by atoms with Crippen LogP contribution in [0.5, 0.6) is 0 Å². The van der Waals surface area contributed by atoms with Gasteiger partial charge in [-0.25, -0.2) is 0 Å². The van der Waals surface area contributed by atoms with E-state index in [0.29, 0.717) is 0 Å². The summed E-state index contributed by atoms with van der Waals surface area (Å²) in [7, 11) is 0. The quantitative estimate of drug-likeness (QED) is 0.179. The molecule has 0 bridgehead atoms. The Morgan fingerprint density at radius 1 is 0.311 bits per heavy atom. The minimum atomic E-state index is -0.440. The van der Waals surface area contributed by atoms with E-state index < -0.39 is 5.41 Å². The van der Waals surface area contributed by atoms with Gasteiger partial charge < -0.3 is 0 Å². The normalized spacial score (nSPS) is 13.5. The second-order valence-electron chi connectivity index (χ2n) is 11.5. The second kappa shape index (κ2) is 9.84. The Morgan fingerprint density at radius 3 is 1.11 bits per heavy atom. The van der Waals surface area contributed by atoms with Gasteiger partial charge in [0.1, 0.15) is 0 Å². The molecule has 0 radical (unpaired) electrons. The van der Waals surface area contributed by atoms with Crippen LogP contribution in [0.25, 0.3) is 64.0 Å². The van der Waals surface area contributed by atoms with E-state index in [1.807, 2.05) is 45.3 Å². The van der Waals surface area contributed by atoms with Gasteiger partial charge in [-0.15, -0.1) is 45.3 Å². The highest BCUT2D eigenvalue weighted by molar-refractivity contribution is 7.16. The van der Waals surface area contributed by atoms with Crippen molar-refractivity contribution < 1.29 is 0 Å². The van der Waals surface area contributed by atoms with E-state index in [-0.39, 0.29) is 0 Å². The van der Waals surface area contributed by atoms with E-state index in [2.05, 4.69) is 143 Å². The van der Waals surface area contributed by atoms with Gasteiger partial charge in [-0.05, 0) is 90.3 Å². The van der Waals surface area contributed by atoms with E-state index >= 15 is 0 Å². The summed E-state index contributed by atoms with van der Waals surface area (Å²) in [5.74, 6) is 0. The molecule has 2 aliphatic rings. The summed E-state index contributed by atoms with van der Waals surface area (Å²) in [5.41, 5.74) is 16.0. The van der Waals surface area contributed by atoms with Crippen LogP contribution in [0.15, 0.2) is 143 Å². The fourth-order valence-corrected chi connectivity index (χ4v) is 11.2. The van der Waals surface area contributed by atoms with Crippen LogP contribution in [-0.4, -0.2) is 0 Å². The first-order chi connectivity index (χ1) is 22.4. The highest BCUT2D eigenvalue weighted by Gasteiger charge is 2.54. The molecule has 2 aliphatic carbocycles. The van der Waals surface area contributed by atoms with E-state index in [0.717, 1.165) is 0 Å². The third-order valence-electron chi connectivity index (χ3n) is 9.50. The Bertz CT molecular complexity index is 2310. The lowest BCUT2D eigenvalue weighted by Gasteiger charge is -2.34. The number of fused-ring (bicyclic) bond motifs is 10. The van der Waals surface area contributed by atoms with Crippen molar-refractivity contribution in [1.82, 2.24) is 0 Å². The predicted octanol–water partition coefficient (Wildman–Crippen LogP) is 12.9. The lowest BCUT2D eigenvalue weighted by molar-refractivity contribution is 0.796. The molecule has 0 saturated carbocycles. The summed E-state index contributed by atoms with van der Waals surface area (Å²) < 4.78 is 0. The minimum Gasteiger partial charge on any atom is -0.144 e. The molecule has 0 nitrogen and oxygen atoms in total. The van der Waals surface area contributed by atoms with E-state index in [1.54, 1.807) is 0 Å². The van der Waals surface area contributed by atoms with Crippen LogP contribution in [0.4, 0.5) is 0 Å². The molecule has 0 aliphatic heterocycles. The Kier molecular flexibility index (Phi) is 5.67. The molecule has 0 N–H and O–H groups in total. The molecular weight excluding hydrogens is 621 g/mol. The average molecular weight is 645 g/mol. The molecule has 0 amide bonds. The van der Waals surface area contributed by atoms with Gasteiger partial charge in [0, 0.05) is 41.8 Å². The van der Waals surface area contributed by atoms with Crippen LogP contribution in [0.3, 0.4) is 0 Å². The molecule has 4 aromatic heterocycles. The summed E-state index contributed by atoms with van der Waals surface area (Å²) >= 11 is 7.40. The first kappa shape index (κ1) is 26.0. The fraction of sp³-hybridized carbons (Fsp3) is 0.0244. The number of benzene rings is 4. The van der Waals surface area contributed by atoms with Crippen molar-refractivity contribution in [2.45, 2.75) is 5.41 Å². The molecule has 0 atom stereocenters. The number of hydrogen-bond acceptors (Lipinski definition) is 4. The predicted molar refractivity (Wildman–Crippen MR) is 196 cm³/mol. The molecule has 4 heterocycles. The van der Waals surface area contributed by atoms with Crippen LogP contribution >= 0.6 is 45.3 Å². The highest BCUT2D eigenvalue weighted by atomic mass is 32.1. The Balaban J connectivity index is 1.54. The molecule has 45 heavy (non-hydrogen) atoms. The molecule has 4 heteroatoms. The van der Waals surface area contributed by atoms with E-state index in [9.17, 15) is 0 Å². The van der Waals surface area contributed by atoms with Gasteiger partial charge in [0.15, 0.2) is 0 Å². The summed E-state index contributed by atoms with van der Waals surface area (Å²) in [6.07, 6.45) is 0. The van der Waals surface area contributed by atoms with Crippen LogP contribution < -0.4 is 0 Å². The van der Waals surface area contributed by atoms with E-state index in [1.165, 1.54) is 86.3 Å². The van der Waals surface area contributed by atoms with E-state index in [4.69, 9.17) is 0 Å². The molecule has 1 spiro atoms. The Hall–Kier alpha value is -4.32. The van der Waals surface area contributed by atoms with Gasteiger partial charge in [0.05, 0.1) is 5.41 Å². The van der Waals surface area contributed by atoms with Crippen LogP contribution in [0.1, 0.15) is 22.3 Å². The number of rotatable bonds is 4. The van der Waals surface area contributed by atoms with Crippen molar-refractivity contribution >= 4 is 45.3 Å². The van der Waals surface area contributed by atoms with Crippen molar-refractivity contribution in [2.75, 3.05) is 0 Å². The third kappa shape index (κ3) is 3.40. The molecule has 0 unspecified atom stereocenters. The average Bonchev–Trinajstić information content (AvgIpc) is 3.93. The Labute approximate surface area is 278 Å². The fourth-order valence-electron chi connectivity index (χ4n) is 8.02. The monoisotopic (exact) mass is 644 g/mol. The van der Waals surface area contributed by atoms with Crippen LogP contribution in [-0.2, 0) is 5.41 Å². The van der Waals surface area contributed by atoms with Gasteiger partial charge in [-0.1, -0.05) is 97.1 Å². The third-order valence-corrected chi connectivity index (χ3v) is 13.0. The van der Waals surface area contributed by atoms with Gasteiger partial charge in [-0.2, -0.15) is 0 Å². The molecule has 10 rings (SSSR count). The number of thiophene rings is 4. The first-order valence-corrected chi connectivity index (χ1v) is 18.6. The van der Waals surface area contributed by atoms with Gasteiger partial charge in [-0.3, -0.25) is 0 Å². The maximum Gasteiger partial charge on any atom is 0.0732 e. The van der Waals surface area contributed by atoms with Crippen LogP contribution in [0, 0.1) is 0 Å². The lowest BCUT2D eigenvalue weighted by Crippen LogP contribution is -2.27. The van der Waals surface area contributed by atoms with Gasteiger partial charge >= 0.3 is 0 Å². The summed E-state index contributed by atoms with van der Waals surface area (Å²) in [6, 6.07) is 45.7. The van der Waals surface area contributed by atoms with Crippen molar-refractivity contribution in [2.24, 2.45) is 0 Å². The molecular formula is C41H24S4. The standard InChI is InChI=1S/C41H24S4/c1-4-14-28-25(11-1)26-12-2-5-15-29(26)41(28)30-16-6-3-13-27(30)35-36(31-17-7-21-42-31)37(32-18-8-22-43-32)38(33-19-9-23-44-33)39(40(35)41)34-20-10-24-45-34/h1-24H. The topological polar surface area (TPSA) is 0 Å². The first-order valence-electron chi connectivity index (χ1n) is 15.1. The lowest BCUT2D eigenvalue weighted by atomic mass is 9.67. The molecule has 212 valence electrons. The maximum absolute atomic E-state index is 2.40. The Morgan fingerprint density at radius 2 is 0.667 bits per heavy atom. The number of hydrogen-bond donors (Lipinski definition) is 0. The molecule has 4 aromatic carbocycles.